The molecule has 14 heavy (non-hydrogen) atoms. The average Bonchev–Trinajstić information content (AvgIpc) is 2.18. The van der Waals surface area contributed by atoms with Gasteiger partial charge in [0.05, 0.1) is 0 Å². The number of ether oxygens (including phenoxy) is 1. The summed E-state index contributed by atoms with van der Waals surface area (Å²) < 4.78 is 5.06. The van der Waals surface area contributed by atoms with Crippen LogP contribution in [0.1, 0.15) is 26.2 Å². The van der Waals surface area contributed by atoms with Crippen molar-refractivity contribution < 1.29 is 9.53 Å². The minimum Gasteiger partial charge on any atom is -0.455 e. The summed E-state index contributed by atoms with van der Waals surface area (Å²) in [7, 11) is 0. The number of esters is 1. The first-order valence-electron chi connectivity index (χ1n) is 5.01. The van der Waals surface area contributed by atoms with Crippen molar-refractivity contribution in [2.24, 2.45) is 0 Å². The smallest absolute Gasteiger partial charge is 0.331 e. The van der Waals surface area contributed by atoms with E-state index < -0.39 is 0 Å². The molecule has 1 aliphatic heterocycles. The highest BCUT2D eigenvalue weighted by molar-refractivity contribution is 5.82. The van der Waals surface area contributed by atoms with E-state index in [0.29, 0.717) is 0 Å². The first kappa shape index (κ1) is 10.8. The van der Waals surface area contributed by atoms with Crippen molar-refractivity contribution in [3.63, 3.8) is 0 Å². The third kappa shape index (κ3) is 4.08. The standard InChI is InChI=1S/C12H16O2/c1-2-3-4-5-6-8-11-9-7-10-12(13)14-11/h3-4,6-8,10-11H,2,5,9H2,1H3/b4-3-,8-6-. The van der Waals surface area contributed by atoms with Crippen LogP contribution in [0.4, 0.5) is 0 Å². The summed E-state index contributed by atoms with van der Waals surface area (Å²) in [5.41, 5.74) is 0. The van der Waals surface area contributed by atoms with Crippen molar-refractivity contribution >= 4 is 5.97 Å². The molecule has 0 aromatic heterocycles. The quantitative estimate of drug-likeness (QED) is 0.505. The number of rotatable bonds is 4. The largest absolute Gasteiger partial charge is 0.455 e. The maximum atomic E-state index is 10.9. The number of cyclic esters (lactones) is 1. The van der Waals surface area contributed by atoms with E-state index in [2.05, 4.69) is 19.1 Å². The third-order valence-electron chi connectivity index (χ3n) is 1.92. The Morgan fingerprint density at radius 2 is 2.36 bits per heavy atom. The molecule has 2 nitrogen and oxygen atoms in total. The van der Waals surface area contributed by atoms with Gasteiger partial charge in [-0.3, -0.25) is 0 Å². The first-order valence-corrected chi connectivity index (χ1v) is 5.01. The lowest BCUT2D eigenvalue weighted by molar-refractivity contribution is -0.141. The molecule has 1 heterocycles. The number of carbonyl (C=O) groups is 1. The second kappa shape index (κ2) is 6.19. The van der Waals surface area contributed by atoms with E-state index in [0.717, 1.165) is 19.3 Å². The maximum absolute atomic E-state index is 10.9. The van der Waals surface area contributed by atoms with Crippen LogP contribution in [0.2, 0.25) is 0 Å². The molecular formula is C12H16O2. The molecule has 0 saturated carbocycles. The Balaban J connectivity index is 2.27. The van der Waals surface area contributed by atoms with Gasteiger partial charge >= 0.3 is 5.97 Å². The van der Waals surface area contributed by atoms with Crippen LogP contribution in [0.25, 0.3) is 0 Å². The van der Waals surface area contributed by atoms with Crippen LogP contribution in [-0.2, 0) is 9.53 Å². The molecule has 76 valence electrons. The zero-order chi connectivity index (χ0) is 10.2. The lowest BCUT2D eigenvalue weighted by Gasteiger charge is -2.14. The molecule has 0 fully saturated rings. The minimum atomic E-state index is -0.241. The molecule has 0 spiro atoms. The van der Waals surface area contributed by atoms with Crippen molar-refractivity contribution in [3.05, 3.63) is 36.5 Å². The van der Waals surface area contributed by atoms with E-state index in [1.807, 2.05) is 18.2 Å². The highest BCUT2D eigenvalue weighted by Gasteiger charge is 2.11. The normalized spacial score (nSPS) is 22.1. The molecule has 1 rings (SSSR count). The van der Waals surface area contributed by atoms with Gasteiger partial charge in [0.15, 0.2) is 0 Å². The summed E-state index contributed by atoms with van der Waals surface area (Å²) >= 11 is 0. The van der Waals surface area contributed by atoms with Gasteiger partial charge in [0.2, 0.25) is 0 Å². The zero-order valence-corrected chi connectivity index (χ0v) is 8.48. The van der Waals surface area contributed by atoms with Gasteiger partial charge in [0, 0.05) is 12.5 Å². The lowest BCUT2D eigenvalue weighted by atomic mass is 10.2. The van der Waals surface area contributed by atoms with E-state index in [-0.39, 0.29) is 12.1 Å². The van der Waals surface area contributed by atoms with Crippen LogP contribution < -0.4 is 0 Å². The van der Waals surface area contributed by atoms with Crippen LogP contribution in [0, 0.1) is 0 Å². The molecule has 0 amide bonds. The van der Waals surface area contributed by atoms with Gasteiger partial charge in [-0.05, 0) is 18.9 Å². The first-order chi connectivity index (χ1) is 6.83. The van der Waals surface area contributed by atoms with E-state index in [1.54, 1.807) is 0 Å². The van der Waals surface area contributed by atoms with Gasteiger partial charge in [0.25, 0.3) is 0 Å². The minimum absolute atomic E-state index is 0.0671. The number of carbonyl (C=O) groups excluding carboxylic acids is 1. The van der Waals surface area contributed by atoms with Crippen molar-refractivity contribution in [3.8, 4) is 0 Å². The SMILES string of the molecule is CC/C=C\C/C=C\C1CC=CC(=O)O1. The molecule has 0 radical (unpaired) electrons. The van der Waals surface area contributed by atoms with Gasteiger partial charge in [-0.1, -0.05) is 31.2 Å². The van der Waals surface area contributed by atoms with Crippen LogP contribution in [-0.4, -0.2) is 12.1 Å². The maximum Gasteiger partial charge on any atom is 0.331 e. The fourth-order valence-corrected chi connectivity index (χ4v) is 1.22. The Bertz CT molecular complexity index is 261. The molecule has 0 bridgehead atoms. The third-order valence-corrected chi connectivity index (χ3v) is 1.92. The Morgan fingerprint density at radius 3 is 3.07 bits per heavy atom. The molecular weight excluding hydrogens is 176 g/mol. The molecule has 0 aromatic carbocycles. The van der Waals surface area contributed by atoms with Crippen molar-refractivity contribution in [2.75, 3.05) is 0 Å². The van der Waals surface area contributed by atoms with Gasteiger partial charge < -0.3 is 4.74 Å². The topological polar surface area (TPSA) is 26.3 Å². The van der Waals surface area contributed by atoms with Gasteiger partial charge in [-0.15, -0.1) is 0 Å². The Hall–Kier alpha value is -1.31. The van der Waals surface area contributed by atoms with Crippen LogP contribution in [0.15, 0.2) is 36.5 Å². The summed E-state index contributed by atoms with van der Waals surface area (Å²) in [5.74, 6) is -0.241. The molecule has 1 aliphatic rings. The predicted octanol–water partition coefficient (Wildman–Crippen LogP) is 2.77. The predicted molar refractivity (Wildman–Crippen MR) is 56.8 cm³/mol. The summed E-state index contributed by atoms with van der Waals surface area (Å²) in [5, 5.41) is 0. The molecule has 0 aliphatic carbocycles. The van der Waals surface area contributed by atoms with E-state index in [9.17, 15) is 4.79 Å². The molecule has 2 heteroatoms. The van der Waals surface area contributed by atoms with Crippen molar-refractivity contribution in [1.82, 2.24) is 0 Å². The van der Waals surface area contributed by atoms with Gasteiger partial charge in [0.1, 0.15) is 6.10 Å². The second-order valence-corrected chi connectivity index (χ2v) is 3.16. The summed E-state index contributed by atoms with van der Waals surface area (Å²) in [6.45, 7) is 2.11. The monoisotopic (exact) mass is 192 g/mol. The van der Waals surface area contributed by atoms with E-state index in [1.165, 1.54) is 6.08 Å². The van der Waals surface area contributed by atoms with Crippen molar-refractivity contribution in [2.45, 2.75) is 32.3 Å². The Morgan fingerprint density at radius 1 is 1.50 bits per heavy atom. The number of allylic oxidation sites excluding steroid dienone is 3. The van der Waals surface area contributed by atoms with Crippen LogP contribution in [0.5, 0.6) is 0 Å². The molecule has 0 aromatic rings. The van der Waals surface area contributed by atoms with Gasteiger partial charge in [-0.2, -0.15) is 0 Å². The Kier molecular flexibility index (Phi) is 4.76. The Labute approximate surface area is 85.0 Å². The van der Waals surface area contributed by atoms with E-state index >= 15 is 0 Å². The summed E-state index contributed by atoms with van der Waals surface area (Å²) in [6.07, 6.45) is 14.2. The van der Waals surface area contributed by atoms with Crippen LogP contribution in [0.3, 0.4) is 0 Å². The highest BCUT2D eigenvalue weighted by Crippen LogP contribution is 2.08. The second-order valence-electron chi connectivity index (χ2n) is 3.16. The lowest BCUT2D eigenvalue weighted by Crippen LogP contribution is -2.17. The highest BCUT2D eigenvalue weighted by atomic mass is 16.5. The van der Waals surface area contributed by atoms with Crippen molar-refractivity contribution in [1.29, 1.82) is 0 Å². The molecule has 1 unspecified atom stereocenters. The fraction of sp³-hybridized carbons (Fsp3) is 0.417. The molecule has 0 N–H and O–H groups in total. The number of hydrogen-bond donors (Lipinski definition) is 0. The average molecular weight is 192 g/mol. The summed E-state index contributed by atoms with van der Waals surface area (Å²) in [4.78, 5) is 10.9. The van der Waals surface area contributed by atoms with Gasteiger partial charge in [-0.25, -0.2) is 4.79 Å². The van der Waals surface area contributed by atoms with E-state index in [4.69, 9.17) is 4.74 Å². The fourth-order valence-electron chi connectivity index (χ4n) is 1.22. The molecule has 1 atom stereocenters. The number of hydrogen-bond acceptors (Lipinski definition) is 2. The zero-order valence-electron chi connectivity index (χ0n) is 8.48. The summed E-state index contributed by atoms with van der Waals surface area (Å²) in [6, 6.07) is 0. The van der Waals surface area contributed by atoms with Crippen LogP contribution >= 0.6 is 0 Å². The molecule has 0 saturated heterocycles.